The second-order valence-corrected chi connectivity index (χ2v) is 7.58. The molecule has 3 rings (SSSR count). The van der Waals surface area contributed by atoms with Crippen LogP contribution in [-0.4, -0.2) is 44.7 Å². The first-order chi connectivity index (χ1) is 14.1. The Morgan fingerprint density at radius 3 is 2.10 bits per heavy atom. The topological polar surface area (TPSA) is 48.0 Å². The van der Waals surface area contributed by atoms with Gasteiger partial charge in [-0.05, 0) is 68.1 Å². The molecule has 0 radical (unpaired) electrons. The number of likely N-dealkylation sites (tertiary alicyclic amines) is 1. The number of benzene rings is 2. The third-order valence-electron chi connectivity index (χ3n) is 5.66. The van der Waals surface area contributed by atoms with Crippen LogP contribution in [0.5, 0.6) is 11.5 Å². The van der Waals surface area contributed by atoms with Crippen LogP contribution in [0, 0.1) is 5.92 Å². The van der Waals surface area contributed by atoms with Crippen LogP contribution < -0.4 is 9.47 Å². The van der Waals surface area contributed by atoms with Crippen molar-refractivity contribution in [1.29, 1.82) is 0 Å². The molecule has 0 aliphatic carbocycles. The molecule has 1 aliphatic rings. The Labute approximate surface area is 173 Å². The molecular weight excluding hydrogens is 366 g/mol. The largest absolute Gasteiger partial charge is 0.497 e. The molecule has 1 aliphatic heterocycles. The van der Waals surface area contributed by atoms with Crippen LogP contribution >= 0.6 is 0 Å². The molecule has 0 spiro atoms. The Morgan fingerprint density at radius 2 is 1.55 bits per heavy atom. The van der Waals surface area contributed by atoms with Gasteiger partial charge in [0.2, 0.25) is 0 Å². The van der Waals surface area contributed by atoms with Crippen LogP contribution in [0.3, 0.4) is 0 Å². The van der Waals surface area contributed by atoms with Gasteiger partial charge in [0.05, 0.1) is 19.8 Å². The Morgan fingerprint density at radius 1 is 0.966 bits per heavy atom. The minimum absolute atomic E-state index is 0.244. The first-order valence-corrected chi connectivity index (χ1v) is 10.3. The van der Waals surface area contributed by atoms with E-state index in [1.807, 2.05) is 0 Å². The van der Waals surface area contributed by atoms with Gasteiger partial charge in [-0.15, -0.1) is 0 Å². The lowest BCUT2D eigenvalue weighted by molar-refractivity contribution is 0.0472. The van der Waals surface area contributed by atoms with E-state index in [0.717, 1.165) is 24.4 Å². The Bertz CT molecular complexity index is 773. The number of methoxy groups -OCH3 is 2. The van der Waals surface area contributed by atoms with Crippen LogP contribution in [0.1, 0.15) is 41.3 Å². The number of piperidine rings is 1. The van der Waals surface area contributed by atoms with E-state index in [2.05, 4.69) is 36.1 Å². The van der Waals surface area contributed by atoms with Crippen LogP contribution in [0.2, 0.25) is 0 Å². The van der Waals surface area contributed by atoms with E-state index in [0.29, 0.717) is 17.1 Å². The third kappa shape index (κ3) is 5.97. The zero-order valence-corrected chi connectivity index (χ0v) is 17.6. The lowest BCUT2D eigenvalue weighted by Gasteiger charge is -2.31. The summed E-state index contributed by atoms with van der Waals surface area (Å²) in [5.74, 6) is 1.49. The lowest BCUT2D eigenvalue weighted by atomic mass is 9.90. The number of carbonyl (C=O) groups excluding carboxylic acids is 1. The van der Waals surface area contributed by atoms with E-state index >= 15 is 0 Å². The minimum atomic E-state index is -0.394. The van der Waals surface area contributed by atoms with E-state index in [1.165, 1.54) is 31.5 Å². The molecule has 1 heterocycles. The van der Waals surface area contributed by atoms with E-state index in [4.69, 9.17) is 14.2 Å². The average Bonchev–Trinajstić information content (AvgIpc) is 2.78. The third-order valence-corrected chi connectivity index (χ3v) is 5.66. The molecule has 0 bridgehead atoms. The molecule has 2 aromatic rings. The predicted molar refractivity (Wildman–Crippen MR) is 114 cm³/mol. The molecule has 0 aromatic heterocycles. The highest BCUT2D eigenvalue weighted by molar-refractivity contribution is 5.90. The maximum Gasteiger partial charge on any atom is 0.338 e. The average molecular weight is 398 g/mol. The molecule has 5 heteroatoms. The second-order valence-electron chi connectivity index (χ2n) is 7.58. The maximum absolute atomic E-state index is 12.4. The number of ether oxygens (including phenoxy) is 3. The number of hydrogen-bond acceptors (Lipinski definition) is 5. The molecule has 0 amide bonds. The molecule has 0 atom stereocenters. The van der Waals surface area contributed by atoms with Crippen molar-refractivity contribution < 1.29 is 19.0 Å². The molecule has 2 aromatic carbocycles. The van der Waals surface area contributed by atoms with Gasteiger partial charge >= 0.3 is 5.97 Å². The molecule has 1 saturated heterocycles. The molecule has 0 unspecified atom stereocenters. The quantitative estimate of drug-likeness (QED) is 0.621. The van der Waals surface area contributed by atoms with Crippen LogP contribution in [0.4, 0.5) is 0 Å². The van der Waals surface area contributed by atoms with E-state index in [9.17, 15) is 4.79 Å². The molecular formula is C24H31NO4. The summed E-state index contributed by atoms with van der Waals surface area (Å²) in [6.07, 6.45) is 3.68. The van der Waals surface area contributed by atoms with Gasteiger partial charge in [-0.25, -0.2) is 4.79 Å². The van der Waals surface area contributed by atoms with E-state index in [1.54, 1.807) is 32.4 Å². The van der Waals surface area contributed by atoms with Gasteiger partial charge in [0.15, 0.2) is 0 Å². The molecule has 29 heavy (non-hydrogen) atoms. The highest BCUT2D eigenvalue weighted by Crippen LogP contribution is 2.24. The zero-order chi connectivity index (χ0) is 20.6. The van der Waals surface area contributed by atoms with Gasteiger partial charge in [-0.3, -0.25) is 0 Å². The summed E-state index contributed by atoms with van der Waals surface area (Å²) in [5, 5.41) is 0. The standard InChI is InChI=1S/C24H31NO4/c1-4-25-11-9-19(10-12-25)13-18-5-7-20(8-6-18)17-29-24(26)21-14-22(27-2)16-23(15-21)28-3/h5-8,14-16,19H,4,9-13,17H2,1-3H3. The van der Waals surface area contributed by atoms with Gasteiger partial charge in [0.1, 0.15) is 18.1 Å². The summed E-state index contributed by atoms with van der Waals surface area (Å²) >= 11 is 0. The number of carbonyl (C=O) groups is 1. The smallest absolute Gasteiger partial charge is 0.338 e. The van der Waals surface area contributed by atoms with Crippen LogP contribution in [0.25, 0.3) is 0 Å². The van der Waals surface area contributed by atoms with Crippen molar-refractivity contribution in [2.75, 3.05) is 33.9 Å². The van der Waals surface area contributed by atoms with Crippen LogP contribution in [0.15, 0.2) is 42.5 Å². The zero-order valence-electron chi connectivity index (χ0n) is 17.6. The van der Waals surface area contributed by atoms with Gasteiger partial charge in [0, 0.05) is 6.07 Å². The number of nitrogens with zero attached hydrogens (tertiary/aromatic N) is 1. The molecule has 1 fully saturated rings. The fourth-order valence-electron chi connectivity index (χ4n) is 3.77. The van der Waals surface area contributed by atoms with Gasteiger partial charge < -0.3 is 19.1 Å². The summed E-state index contributed by atoms with van der Waals surface area (Å²) in [7, 11) is 3.11. The number of esters is 1. The van der Waals surface area contributed by atoms with Crippen LogP contribution in [-0.2, 0) is 17.8 Å². The fourth-order valence-corrected chi connectivity index (χ4v) is 3.77. The van der Waals surface area contributed by atoms with Crippen molar-refractivity contribution >= 4 is 5.97 Å². The lowest BCUT2D eigenvalue weighted by Crippen LogP contribution is -2.34. The maximum atomic E-state index is 12.4. The summed E-state index contributed by atoms with van der Waals surface area (Å²) in [6, 6.07) is 13.4. The van der Waals surface area contributed by atoms with Gasteiger partial charge in [0.25, 0.3) is 0 Å². The summed E-state index contributed by atoms with van der Waals surface area (Å²) < 4.78 is 15.9. The fraction of sp³-hybridized carbons (Fsp3) is 0.458. The summed E-state index contributed by atoms with van der Waals surface area (Å²) in [4.78, 5) is 14.9. The van der Waals surface area contributed by atoms with Crippen molar-refractivity contribution in [2.45, 2.75) is 32.8 Å². The Hall–Kier alpha value is -2.53. The van der Waals surface area contributed by atoms with E-state index in [-0.39, 0.29) is 6.61 Å². The summed E-state index contributed by atoms with van der Waals surface area (Å²) in [6.45, 7) is 6.06. The molecule has 0 N–H and O–H groups in total. The van der Waals surface area contributed by atoms with Crippen molar-refractivity contribution in [2.24, 2.45) is 5.92 Å². The highest BCUT2D eigenvalue weighted by Gasteiger charge is 2.18. The first kappa shape index (κ1) is 21.2. The molecule has 156 valence electrons. The SMILES string of the molecule is CCN1CCC(Cc2ccc(COC(=O)c3cc(OC)cc(OC)c3)cc2)CC1. The van der Waals surface area contributed by atoms with Gasteiger partial charge in [-0.1, -0.05) is 31.2 Å². The van der Waals surface area contributed by atoms with E-state index < -0.39 is 5.97 Å². The number of rotatable bonds is 8. The molecule has 0 saturated carbocycles. The second kappa shape index (κ2) is 10.3. The number of hydrogen-bond donors (Lipinski definition) is 0. The Balaban J connectivity index is 1.52. The summed E-state index contributed by atoms with van der Waals surface area (Å²) in [5.41, 5.74) is 2.75. The minimum Gasteiger partial charge on any atom is -0.497 e. The van der Waals surface area contributed by atoms with Crippen molar-refractivity contribution in [3.63, 3.8) is 0 Å². The van der Waals surface area contributed by atoms with Crippen molar-refractivity contribution in [3.8, 4) is 11.5 Å². The van der Waals surface area contributed by atoms with Crippen molar-refractivity contribution in [1.82, 2.24) is 4.90 Å². The monoisotopic (exact) mass is 397 g/mol. The highest BCUT2D eigenvalue weighted by atomic mass is 16.5. The van der Waals surface area contributed by atoms with Gasteiger partial charge in [-0.2, -0.15) is 0 Å². The Kier molecular flexibility index (Phi) is 7.53. The van der Waals surface area contributed by atoms with Crippen molar-refractivity contribution in [3.05, 3.63) is 59.2 Å². The first-order valence-electron chi connectivity index (χ1n) is 10.3. The normalized spacial score (nSPS) is 15.1. The molecule has 5 nitrogen and oxygen atoms in total. The predicted octanol–water partition coefficient (Wildman–Crippen LogP) is 4.34.